The highest BCUT2D eigenvalue weighted by molar-refractivity contribution is 8.00. The number of sulfonamides is 1. The molecule has 172 valence electrons. The fraction of sp³-hybridized carbons (Fsp3) is 0.458. The monoisotopic (exact) mass is 473 g/mol. The van der Waals surface area contributed by atoms with E-state index >= 15 is 0 Å². The molecule has 0 radical (unpaired) electrons. The van der Waals surface area contributed by atoms with Crippen molar-refractivity contribution in [3.8, 4) is 0 Å². The number of nitrogens with one attached hydrogen (secondary N) is 2. The van der Waals surface area contributed by atoms with E-state index in [1.54, 1.807) is 30.0 Å². The Morgan fingerprint density at radius 1 is 1.12 bits per heavy atom. The summed E-state index contributed by atoms with van der Waals surface area (Å²) in [6, 6.07) is 13.6. The van der Waals surface area contributed by atoms with Crippen LogP contribution in [0.4, 0.5) is 5.69 Å². The van der Waals surface area contributed by atoms with Gasteiger partial charge in [0.2, 0.25) is 15.9 Å². The van der Waals surface area contributed by atoms with Crippen LogP contribution in [0.5, 0.6) is 0 Å². The van der Waals surface area contributed by atoms with Gasteiger partial charge >= 0.3 is 0 Å². The summed E-state index contributed by atoms with van der Waals surface area (Å²) in [6.07, 6.45) is 2.37. The van der Waals surface area contributed by atoms with E-state index in [1.807, 2.05) is 6.92 Å². The van der Waals surface area contributed by atoms with Crippen LogP contribution in [0.2, 0.25) is 0 Å². The molecule has 8 heteroatoms. The average molecular weight is 474 g/mol. The SMILES string of the molecule is Cc1ccc(CN2CCC(CNS(=O)(=O)c3ccc4c(c3)NC(=O)C[C@@H](C)S4)CC2)cc1. The molecule has 2 aromatic carbocycles. The lowest BCUT2D eigenvalue weighted by Gasteiger charge is -2.32. The molecule has 0 unspecified atom stereocenters. The second-order valence-corrected chi connectivity index (χ2v) is 12.1. The Morgan fingerprint density at radius 2 is 1.84 bits per heavy atom. The number of carbonyl (C=O) groups excluding carboxylic acids is 1. The number of aryl methyl sites for hydroxylation is 1. The molecule has 1 fully saturated rings. The summed E-state index contributed by atoms with van der Waals surface area (Å²) >= 11 is 1.59. The molecule has 1 amide bonds. The molecular formula is C24H31N3O3S2. The minimum atomic E-state index is -3.63. The molecule has 0 bridgehead atoms. The van der Waals surface area contributed by atoms with E-state index in [0.29, 0.717) is 24.6 Å². The molecule has 2 aliphatic heterocycles. The number of carbonyl (C=O) groups is 1. The lowest BCUT2D eigenvalue weighted by molar-refractivity contribution is -0.116. The molecule has 32 heavy (non-hydrogen) atoms. The Hall–Kier alpha value is -1.87. The van der Waals surface area contributed by atoms with E-state index in [-0.39, 0.29) is 16.1 Å². The van der Waals surface area contributed by atoms with E-state index < -0.39 is 10.0 Å². The lowest BCUT2D eigenvalue weighted by Crippen LogP contribution is -2.38. The van der Waals surface area contributed by atoms with Gasteiger partial charge in [0.1, 0.15) is 0 Å². The van der Waals surface area contributed by atoms with Gasteiger partial charge in [-0.2, -0.15) is 0 Å². The summed E-state index contributed by atoms with van der Waals surface area (Å²) in [6.45, 7) is 7.42. The number of amides is 1. The molecular weight excluding hydrogens is 442 g/mol. The number of piperidine rings is 1. The third kappa shape index (κ3) is 5.92. The molecule has 6 nitrogen and oxygen atoms in total. The van der Waals surface area contributed by atoms with E-state index in [2.05, 4.69) is 46.1 Å². The normalized spacial score (nSPS) is 20.4. The second-order valence-electron chi connectivity index (χ2n) is 8.90. The fourth-order valence-electron chi connectivity index (χ4n) is 4.21. The van der Waals surface area contributed by atoms with Crippen LogP contribution in [0.25, 0.3) is 0 Å². The summed E-state index contributed by atoms with van der Waals surface area (Å²) in [5.74, 6) is 0.250. The van der Waals surface area contributed by atoms with Gasteiger partial charge in [-0.05, 0) is 62.5 Å². The third-order valence-electron chi connectivity index (χ3n) is 6.13. The van der Waals surface area contributed by atoms with Gasteiger partial charge in [0.25, 0.3) is 0 Å². The topological polar surface area (TPSA) is 78.5 Å². The standard InChI is InChI=1S/C24H31N3O3S2/c1-17-3-5-20(6-4-17)16-27-11-9-19(10-12-27)15-25-32(29,30)21-7-8-23-22(14-21)26-24(28)13-18(2)31-23/h3-8,14,18-19,25H,9-13,15-16H2,1-2H3,(H,26,28)/t18-/m1/s1. The van der Waals surface area contributed by atoms with E-state index in [0.717, 1.165) is 37.4 Å². The number of hydrogen-bond donors (Lipinski definition) is 2. The zero-order chi connectivity index (χ0) is 22.7. The number of rotatable bonds is 6. The van der Waals surface area contributed by atoms with Crippen molar-refractivity contribution in [3.05, 3.63) is 53.6 Å². The molecule has 0 aromatic heterocycles. The number of likely N-dealkylation sites (tertiary alicyclic amines) is 1. The van der Waals surface area contributed by atoms with Crippen LogP contribution in [-0.2, 0) is 21.4 Å². The maximum Gasteiger partial charge on any atom is 0.240 e. The van der Waals surface area contributed by atoms with Gasteiger partial charge in [-0.3, -0.25) is 9.69 Å². The summed E-state index contributed by atoms with van der Waals surface area (Å²) in [7, 11) is -3.63. The first-order valence-electron chi connectivity index (χ1n) is 11.2. The molecule has 2 N–H and O–H groups in total. The van der Waals surface area contributed by atoms with Crippen molar-refractivity contribution in [1.29, 1.82) is 0 Å². The minimum absolute atomic E-state index is 0.0799. The third-order valence-corrected chi connectivity index (χ3v) is 8.73. The van der Waals surface area contributed by atoms with Crippen LogP contribution in [0.3, 0.4) is 0 Å². The average Bonchev–Trinajstić information content (AvgIpc) is 2.90. The first-order valence-corrected chi connectivity index (χ1v) is 13.5. The molecule has 2 aliphatic rings. The number of benzene rings is 2. The summed E-state index contributed by atoms with van der Waals surface area (Å²) in [4.78, 5) is 15.6. The van der Waals surface area contributed by atoms with Gasteiger partial charge in [-0.15, -0.1) is 11.8 Å². The molecule has 0 saturated carbocycles. The van der Waals surface area contributed by atoms with Gasteiger partial charge in [-0.1, -0.05) is 36.8 Å². The highest BCUT2D eigenvalue weighted by atomic mass is 32.2. The first-order chi connectivity index (χ1) is 15.3. The summed E-state index contributed by atoms with van der Waals surface area (Å²) < 4.78 is 28.6. The predicted octanol–water partition coefficient (Wildman–Crippen LogP) is 4.01. The maximum atomic E-state index is 12.9. The Bertz CT molecular complexity index is 1060. The first kappa shape index (κ1) is 23.3. The highest BCUT2D eigenvalue weighted by Gasteiger charge is 2.24. The quantitative estimate of drug-likeness (QED) is 0.663. The number of anilines is 1. The van der Waals surface area contributed by atoms with Crippen molar-refractivity contribution >= 4 is 33.4 Å². The molecule has 0 aliphatic carbocycles. The van der Waals surface area contributed by atoms with Crippen molar-refractivity contribution < 1.29 is 13.2 Å². The Morgan fingerprint density at radius 3 is 2.56 bits per heavy atom. The maximum absolute atomic E-state index is 12.9. The van der Waals surface area contributed by atoms with Crippen LogP contribution < -0.4 is 10.0 Å². The zero-order valence-electron chi connectivity index (χ0n) is 18.6. The fourth-order valence-corrected chi connectivity index (χ4v) is 6.40. The largest absolute Gasteiger partial charge is 0.325 e. The van der Waals surface area contributed by atoms with E-state index in [9.17, 15) is 13.2 Å². The predicted molar refractivity (Wildman–Crippen MR) is 129 cm³/mol. The van der Waals surface area contributed by atoms with E-state index in [1.165, 1.54) is 11.1 Å². The summed E-state index contributed by atoms with van der Waals surface area (Å²) in [5, 5.41) is 3.00. The van der Waals surface area contributed by atoms with Gasteiger partial charge in [0.05, 0.1) is 10.6 Å². The van der Waals surface area contributed by atoms with E-state index in [4.69, 9.17) is 0 Å². The molecule has 0 spiro atoms. The minimum Gasteiger partial charge on any atom is -0.325 e. The van der Waals surface area contributed by atoms with Crippen molar-refractivity contribution in [2.24, 2.45) is 5.92 Å². The molecule has 1 atom stereocenters. The van der Waals surface area contributed by atoms with Crippen LogP contribution >= 0.6 is 11.8 Å². The number of nitrogens with zero attached hydrogens (tertiary/aromatic N) is 1. The van der Waals surface area contributed by atoms with Crippen molar-refractivity contribution in [2.45, 2.75) is 54.7 Å². The molecule has 4 rings (SSSR count). The Labute approximate surface area is 195 Å². The van der Waals surface area contributed by atoms with Crippen LogP contribution in [0, 0.1) is 12.8 Å². The van der Waals surface area contributed by atoms with Crippen LogP contribution in [-0.4, -0.2) is 44.1 Å². The van der Waals surface area contributed by atoms with Gasteiger partial charge in [0.15, 0.2) is 0 Å². The molecule has 2 aromatic rings. The molecule has 1 saturated heterocycles. The molecule has 2 heterocycles. The van der Waals surface area contributed by atoms with Crippen LogP contribution in [0.15, 0.2) is 52.3 Å². The number of fused-ring (bicyclic) bond motifs is 1. The van der Waals surface area contributed by atoms with Crippen molar-refractivity contribution in [1.82, 2.24) is 9.62 Å². The number of thioether (sulfide) groups is 1. The van der Waals surface area contributed by atoms with Crippen molar-refractivity contribution in [3.63, 3.8) is 0 Å². The van der Waals surface area contributed by atoms with Gasteiger partial charge in [0, 0.05) is 29.7 Å². The van der Waals surface area contributed by atoms with Gasteiger partial charge in [-0.25, -0.2) is 13.1 Å². The zero-order valence-corrected chi connectivity index (χ0v) is 20.3. The number of hydrogen-bond acceptors (Lipinski definition) is 5. The second kappa shape index (κ2) is 9.95. The smallest absolute Gasteiger partial charge is 0.240 e. The Kier molecular flexibility index (Phi) is 7.24. The lowest BCUT2D eigenvalue weighted by atomic mass is 9.97. The van der Waals surface area contributed by atoms with Gasteiger partial charge < -0.3 is 5.32 Å². The van der Waals surface area contributed by atoms with Crippen LogP contribution in [0.1, 0.15) is 37.3 Å². The Balaban J connectivity index is 1.31. The summed E-state index contributed by atoms with van der Waals surface area (Å²) in [5.41, 5.74) is 3.17. The van der Waals surface area contributed by atoms with Crippen molar-refractivity contribution in [2.75, 3.05) is 25.0 Å². The highest BCUT2D eigenvalue weighted by Crippen LogP contribution is 2.36.